The molecule has 7 heteroatoms. The van der Waals surface area contributed by atoms with E-state index >= 15 is 0 Å². The molecule has 3 heterocycles. The summed E-state index contributed by atoms with van der Waals surface area (Å²) >= 11 is 2.99. The summed E-state index contributed by atoms with van der Waals surface area (Å²) in [5.41, 5.74) is 1.05. The van der Waals surface area contributed by atoms with E-state index in [0.29, 0.717) is 17.6 Å². The van der Waals surface area contributed by atoms with E-state index in [0.717, 1.165) is 46.6 Å². The summed E-state index contributed by atoms with van der Waals surface area (Å²) in [7, 11) is 0. The molecule has 1 aliphatic rings. The van der Waals surface area contributed by atoms with Crippen molar-refractivity contribution in [3.63, 3.8) is 0 Å². The molecule has 0 spiro atoms. The van der Waals surface area contributed by atoms with Crippen molar-refractivity contribution >= 4 is 39.2 Å². The Hall–Kier alpha value is -1.34. The first-order chi connectivity index (χ1) is 12.8. The lowest BCUT2D eigenvalue weighted by Crippen LogP contribution is -2.40. The number of likely N-dealkylation sites (tertiary alicyclic amines) is 1. The van der Waals surface area contributed by atoms with Crippen molar-refractivity contribution in [3.8, 4) is 0 Å². The zero-order chi connectivity index (χ0) is 19.7. The monoisotopic (exact) mass is 407 g/mol. The highest BCUT2D eigenvalue weighted by Gasteiger charge is 2.26. The van der Waals surface area contributed by atoms with Crippen LogP contribution in [0.2, 0.25) is 0 Å². The summed E-state index contributed by atoms with van der Waals surface area (Å²) in [4.78, 5) is 34.7. The van der Waals surface area contributed by atoms with E-state index in [2.05, 4.69) is 13.8 Å². The molecule has 3 rings (SSSR count). The number of carbonyl (C=O) groups excluding carboxylic acids is 1. The van der Waals surface area contributed by atoms with Gasteiger partial charge in [-0.05, 0) is 51.5 Å². The van der Waals surface area contributed by atoms with E-state index in [4.69, 9.17) is 4.98 Å². The van der Waals surface area contributed by atoms with Crippen LogP contribution in [0.1, 0.15) is 50.5 Å². The second kappa shape index (κ2) is 8.35. The maximum Gasteiger partial charge on any atom is 0.263 e. The number of hydrogen-bond acceptors (Lipinski definition) is 5. The van der Waals surface area contributed by atoms with Crippen molar-refractivity contribution in [1.29, 1.82) is 0 Å². The number of piperidine rings is 1. The molecule has 0 aliphatic carbocycles. The van der Waals surface area contributed by atoms with Crippen LogP contribution >= 0.6 is 23.1 Å². The van der Waals surface area contributed by atoms with Gasteiger partial charge in [0.1, 0.15) is 4.83 Å². The minimum Gasteiger partial charge on any atom is -0.342 e. The molecule has 1 saturated heterocycles. The molecule has 1 atom stereocenters. The minimum absolute atomic E-state index is 0.0238. The van der Waals surface area contributed by atoms with Crippen LogP contribution in [-0.4, -0.2) is 38.7 Å². The average Bonchev–Trinajstić information content (AvgIpc) is 2.92. The largest absolute Gasteiger partial charge is 0.342 e. The highest BCUT2D eigenvalue weighted by Crippen LogP contribution is 2.30. The number of amides is 1. The molecule has 0 saturated carbocycles. The first-order valence-electron chi connectivity index (χ1n) is 9.75. The van der Waals surface area contributed by atoms with Crippen molar-refractivity contribution < 1.29 is 4.79 Å². The summed E-state index contributed by atoms with van der Waals surface area (Å²) in [5.74, 6) is 0.484. The molecular formula is C20H29N3O2S2. The number of aryl methyl sites for hydroxylation is 2. The Labute approximate surface area is 169 Å². The second-order valence-corrected chi connectivity index (χ2v) is 10.3. The Kier molecular flexibility index (Phi) is 6.31. The molecule has 27 heavy (non-hydrogen) atoms. The number of thioether (sulfide) groups is 1. The normalized spacial score (nSPS) is 16.3. The Morgan fingerprint density at radius 1 is 1.19 bits per heavy atom. The molecule has 1 fully saturated rings. The van der Waals surface area contributed by atoms with Crippen LogP contribution in [0, 0.1) is 19.8 Å². The van der Waals surface area contributed by atoms with Crippen LogP contribution in [0.25, 0.3) is 10.2 Å². The van der Waals surface area contributed by atoms with Gasteiger partial charge in [0.15, 0.2) is 5.16 Å². The maximum absolute atomic E-state index is 13.2. The number of rotatable bonds is 5. The lowest BCUT2D eigenvalue weighted by Gasteiger charge is -2.29. The van der Waals surface area contributed by atoms with Gasteiger partial charge in [0, 0.05) is 24.5 Å². The van der Waals surface area contributed by atoms with Gasteiger partial charge in [-0.3, -0.25) is 14.2 Å². The third-order valence-electron chi connectivity index (χ3n) is 5.10. The minimum atomic E-state index is -0.243. The van der Waals surface area contributed by atoms with Gasteiger partial charge in [-0.15, -0.1) is 11.3 Å². The third-order valence-corrected chi connectivity index (χ3v) is 7.28. The maximum atomic E-state index is 13.2. The zero-order valence-corrected chi connectivity index (χ0v) is 18.5. The van der Waals surface area contributed by atoms with Gasteiger partial charge in [0.05, 0.1) is 10.6 Å². The number of fused-ring (bicyclic) bond motifs is 1. The number of aromatic nitrogens is 2. The highest BCUT2D eigenvalue weighted by atomic mass is 32.2. The second-order valence-electron chi connectivity index (χ2n) is 7.81. The molecule has 0 N–H and O–H groups in total. The fourth-order valence-corrected chi connectivity index (χ4v) is 5.58. The van der Waals surface area contributed by atoms with Gasteiger partial charge in [-0.1, -0.05) is 25.6 Å². The summed E-state index contributed by atoms with van der Waals surface area (Å²) in [6.07, 6.45) is 3.37. The highest BCUT2D eigenvalue weighted by molar-refractivity contribution is 8.00. The summed E-state index contributed by atoms with van der Waals surface area (Å²) in [6, 6.07) is 0. The van der Waals surface area contributed by atoms with Crippen LogP contribution in [0.4, 0.5) is 0 Å². The van der Waals surface area contributed by atoms with Gasteiger partial charge < -0.3 is 4.90 Å². The smallest absolute Gasteiger partial charge is 0.263 e. The van der Waals surface area contributed by atoms with Crippen LogP contribution in [-0.2, 0) is 11.3 Å². The van der Waals surface area contributed by atoms with Crippen molar-refractivity contribution in [2.24, 2.45) is 5.92 Å². The molecule has 0 unspecified atom stereocenters. The van der Waals surface area contributed by atoms with Crippen molar-refractivity contribution in [3.05, 3.63) is 20.8 Å². The first-order valence-corrected chi connectivity index (χ1v) is 11.4. The number of carbonyl (C=O) groups is 1. The quantitative estimate of drug-likeness (QED) is 0.550. The van der Waals surface area contributed by atoms with E-state index < -0.39 is 0 Å². The van der Waals surface area contributed by atoms with E-state index in [1.54, 1.807) is 15.9 Å². The van der Waals surface area contributed by atoms with Crippen LogP contribution < -0.4 is 5.56 Å². The van der Waals surface area contributed by atoms with Crippen molar-refractivity contribution in [2.45, 2.75) is 70.8 Å². The fourth-order valence-electron chi connectivity index (χ4n) is 3.50. The molecule has 2 aromatic heterocycles. The van der Waals surface area contributed by atoms with E-state index in [-0.39, 0.29) is 16.7 Å². The van der Waals surface area contributed by atoms with Crippen molar-refractivity contribution in [1.82, 2.24) is 14.5 Å². The predicted molar refractivity (Wildman–Crippen MR) is 114 cm³/mol. The van der Waals surface area contributed by atoms with E-state index in [1.165, 1.54) is 18.2 Å². The predicted octanol–water partition coefficient (Wildman–Crippen LogP) is 4.22. The van der Waals surface area contributed by atoms with Gasteiger partial charge >= 0.3 is 0 Å². The Bertz CT molecular complexity index is 895. The van der Waals surface area contributed by atoms with Gasteiger partial charge in [-0.2, -0.15) is 0 Å². The standard InChI is InChI=1S/C20H29N3O2S2/c1-12(2)11-23-19(25)16-13(3)14(4)26-17(16)21-20(23)27-15(5)18(24)22-9-7-6-8-10-22/h12,15H,6-11H2,1-5H3/t15-/m0/s1. The summed E-state index contributed by atoms with van der Waals surface area (Å²) in [5, 5.41) is 1.16. The number of hydrogen-bond donors (Lipinski definition) is 0. The Morgan fingerprint density at radius 2 is 1.85 bits per heavy atom. The summed E-state index contributed by atoms with van der Waals surface area (Å²) < 4.78 is 1.77. The van der Waals surface area contributed by atoms with Gasteiger partial charge in [0.2, 0.25) is 5.91 Å². The number of thiophene rings is 1. The molecule has 5 nitrogen and oxygen atoms in total. The Balaban J connectivity index is 1.96. The van der Waals surface area contributed by atoms with Crippen LogP contribution in [0.15, 0.2) is 9.95 Å². The van der Waals surface area contributed by atoms with Crippen LogP contribution in [0.3, 0.4) is 0 Å². The molecule has 2 aromatic rings. The Morgan fingerprint density at radius 3 is 2.48 bits per heavy atom. The lowest BCUT2D eigenvalue weighted by molar-refractivity contribution is -0.131. The SMILES string of the molecule is Cc1sc2nc(S[C@@H](C)C(=O)N3CCCCC3)n(CC(C)C)c(=O)c2c1C. The zero-order valence-electron chi connectivity index (χ0n) is 16.9. The molecule has 148 valence electrons. The molecular weight excluding hydrogens is 378 g/mol. The molecule has 1 aliphatic heterocycles. The lowest BCUT2D eigenvalue weighted by atomic mass is 10.1. The average molecular weight is 408 g/mol. The summed E-state index contributed by atoms with van der Waals surface area (Å²) in [6.45, 7) is 12.5. The van der Waals surface area contributed by atoms with E-state index in [9.17, 15) is 9.59 Å². The molecule has 1 amide bonds. The fraction of sp³-hybridized carbons (Fsp3) is 0.650. The number of nitrogens with zero attached hydrogens (tertiary/aromatic N) is 3. The van der Waals surface area contributed by atoms with Gasteiger partial charge in [0.25, 0.3) is 5.56 Å². The molecule has 0 bridgehead atoms. The topological polar surface area (TPSA) is 55.2 Å². The first kappa shape index (κ1) is 20.4. The third kappa shape index (κ3) is 4.24. The molecule has 0 aromatic carbocycles. The van der Waals surface area contributed by atoms with Gasteiger partial charge in [-0.25, -0.2) is 4.98 Å². The molecule has 0 radical (unpaired) electrons. The van der Waals surface area contributed by atoms with Crippen molar-refractivity contribution in [2.75, 3.05) is 13.1 Å². The van der Waals surface area contributed by atoms with E-state index in [1.807, 2.05) is 25.7 Å². The van der Waals surface area contributed by atoms with Crippen LogP contribution in [0.5, 0.6) is 0 Å².